The fraction of sp³-hybridized carbons (Fsp3) is 0.222. The molecule has 0 atom stereocenters. The molecule has 2 aromatic heterocycles. The van der Waals surface area contributed by atoms with Gasteiger partial charge in [-0.25, -0.2) is 0 Å². The molecule has 2 heterocycles. The Bertz CT molecular complexity index is 690. The summed E-state index contributed by atoms with van der Waals surface area (Å²) in [5.74, 6) is 0.886. The van der Waals surface area contributed by atoms with E-state index in [1.165, 1.54) is 11.1 Å². The predicted octanol–water partition coefficient (Wildman–Crippen LogP) is 4.16. The number of hydrogen-bond acceptors (Lipinski definition) is 4. The van der Waals surface area contributed by atoms with Crippen molar-refractivity contribution in [2.45, 2.75) is 12.8 Å². The molecule has 0 aliphatic rings. The number of furan rings is 1. The molecule has 0 unspecified atom stereocenters. The minimum atomic E-state index is 0.655. The number of nitrogens with two attached hydrogens (primary N) is 1. The smallest absolute Gasteiger partial charge is 0.135 e. The van der Waals surface area contributed by atoms with Crippen LogP contribution in [0.25, 0.3) is 11.3 Å². The molecule has 0 spiro atoms. The SMILES string of the molecule is NCCc1ccc(NCCc2ccsc2)c(-c2ccco2)c1. The first-order valence-electron chi connectivity index (χ1n) is 7.48. The molecule has 0 amide bonds. The number of anilines is 1. The van der Waals surface area contributed by atoms with Crippen LogP contribution < -0.4 is 11.1 Å². The van der Waals surface area contributed by atoms with E-state index in [0.29, 0.717) is 6.54 Å². The van der Waals surface area contributed by atoms with Gasteiger partial charge in [0, 0.05) is 17.8 Å². The van der Waals surface area contributed by atoms with Crippen molar-refractivity contribution in [1.29, 1.82) is 0 Å². The highest BCUT2D eigenvalue weighted by Gasteiger charge is 2.09. The summed E-state index contributed by atoms with van der Waals surface area (Å²) in [7, 11) is 0. The number of rotatable bonds is 7. The molecular formula is C18H20N2OS. The lowest BCUT2D eigenvalue weighted by Gasteiger charge is -2.12. The Morgan fingerprint density at radius 2 is 2.05 bits per heavy atom. The highest BCUT2D eigenvalue weighted by molar-refractivity contribution is 7.07. The molecule has 0 aliphatic heterocycles. The Labute approximate surface area is 134 Å². The fourth-order valence-electron chi connectivity index (χ4n) is 2.48. The Balaban J connectivity index is 1.77. The largest absolute Gasteiger partial charge is 0.464 e. The topological polar surface area (TPSA) is 51.2 Å². The van der Waals surface area contributed by atoms with Gasteiger partial charge in [0.1, 0.15) is 5.76 Å². The van der Waals surface area contributed by atoms with Crippen LogP contribution in [0.3, 0.4) is 0 Å². The number of hydrogen-bond donors (Lipinski definition) is 2. The van der Waals surface area contributed by atoms with Crippen molar-refractivity contribution in [2.24, 2.45) is 5.73 Å². The summed E-state index contributed by atoms with van der Waals surface area (Å²) >= 11 is 1.74. The van der Waals surface area contributed by atoms with Crippen LogP contribution in [0.4, 0.5) is 5.69 Å². The van der Waals surface area contributed by atoms with Crippen molar-refractivity contribution >= 4 is 17.0 Å². The number of benzene rings is 1. The third-order valence-corrected chi connectivity index (χ3v) is 4.34. The minimum Gasteiger partial charge on any atom is -0.464 e. The molecular weight excluding hydrogens is 292 g/mol. The zero-order chi connectivity index (χ0) is 15.2. The lowest BCUT2D eigenvalue weighted by molar-refractivity contribution is 0.582. The summed E-state index contributed by atoms with van der Waals surface area (Å²) in [6.07, 6.45) is 3.61. The van der Waals surface area contributed by atoms with Gasteiger partial charge in [-0.15, -0.1) is 0 Å². The van der Waals surface area contributed by atoms with Gasteiger partial charge in [-0.05, 0) is 71.6 Å². The van der Waals surface area contributed by atoms with Crippen LogP contribution >= 0.6 is 11.3 Å². The molecule has 22 heavy (non-hydrogen) atoms. The van der Waals surface area contributed by atoms with Gasteiger partial charge >= 0.3 is 0 Å². The maximum Gasteiger partial charge on any atom is 0.135 e. The van der Waals surface area contributed by atoms with Crippen molar-refractivity contribution in [3.05, 3.63) is 64.5 Å². The molecule has 0 saturated heterocycles. The lowest BCUT2D eigenvalue weighted by Crippen LogP contribution is -2.07. The van der Waals surface area contributed by atoms with E-state index in [0.717, 1.165) is 36.4 Å². The number of thiophene rings is 1. The second-order valence-electron chi connectivity index (χ2n) is 5.20. The monoisotopic (exact) mass is 312 g/mol. The first-order chi connectivity index (χ1) is 10.9. The summed E-state index contributed by atoms with van der Waals surface area (Å²) in [5, 5.41) is 7.83. The molecule has 114 valence electrons. The molecule has 0 saturated carbocycles. The molecule has 1 aromatic carbocycles. The number of nitrogens with one attached hydrogen (secondary N) is 1. The first kappa shape index (κ1) is 14.9. The maximum absolute atomic E-state index is 5.66. The van der Waals surface area contributed by atoms with Crippen LogP contribution in [0.1, 0.15) is 11.1 Å². The molecule has 0 fully saturated rings. The van der Waals surface area contributed by atoms with Gasteiger partial charge in [0.2, 0.25) is 0 Å². The van der Waals surface area contributed by atoms with Crippen molar-refractivity contribution in [3.63, 3.8) is 0 Å². The average molecular weight is 312 g/mol. The van der Waals surface area contributed by atoms with Crippen LogP contribution in [0, 0.1) is 0 Å². The molecule has 4 heteroatoms. The normalized spacial score (nSPS) is 10.8. The van der Waals surface area contributed by atoms with Crippen LogP contribution in [0.5, 0.6) is 0 Å². The van der Waals surface area contributed by atoms with Gasteiger partial charge in [0.15, 0.2) is 0 Å². The van der Waals surface area contributed by atoms with Crippen molar-refractivity contribution in [3.8, 4) is 11.3 Å². The first-order valence-corrected chi connectivity index (χ1v) is 8.43. The second-order valence-corrected chi connectivity index (χ2v) is 5.98. The highest BCUT2D eigenvalue weighted by atomic mass is 32.1. The van der Waals surface area contributed by atoms with Gasteiger partial charge in [0.05, 0.1) is 6.26 Å². The quantitative estimate of drug-likeness (QED) is 0.688. The Hall–Kier alpha value is -2.04. The summed E-state index contributed by atoms with van der Waals surface area (Å²) < 4.78 is 5.58. The van der Waals surface area contributed by atoms with Crippen LogP contribution in [0.15, 0.2) is 57.8 Å². The average Bonchev–Trinajstić information content (AvgIpc) is 3.22. The Kier molecular flexibility index (Phi) is 4.93. The van der Waals surface area contributed by atoms with Gasteiger partial charge in [0.25, 0.3) is 0 Å². The predicted molar refractivity (Wildman–Crippen MR) is 93.4 cm³/mol. The summed E-state index contributed by atoms with van der Waals surface area (Å²) in [4.78, 5) is 0. The molecule has 0 radical (unpaired) electrons. The van der Waals surface area contributed by atoms with Gasteiger partial charge in [-0.1, -0.05) is 6.07 Å². The van der Waals surface area contributed by atoms with E-state index in [1.54, 1.807) is 17.6 Å². The standard InChI is InChI=1S/C18H20N2OS/c19-8-5-14-3-4-17(16(12-14)18-2-1-10-21-18)20-9-6-15-7-11-22-13-15/h1-4,7,10-13,20H,5-6,8-9,19H2. The summed E-state index contributed by atoms with van der Waals surface area (Å²) in [6.45, 7) is 1.56. The van der Waals surface area contributed by atoms with Crippen LogP contribution in [0.2, 0.25) is 0 Å². The fourth-order valence-corrected chi connectivity index (χ4v) is 3.18. The third kappa shape index (κ3) is 3.59. The van der Waals surface area contributed by atoms with Crippen LogP contribution in [-0.2, 0) is 12.8 Å². The van der Waals surface area contributed by atoms with E-state index < -0.39 is 0 Å². The van der Waals surface area contributed by atoms with Gasteiger partial charge in [-0.3, -0.25) is 0 Å². The molecule has 3 aromatic rings. The maximum atomic E-state index is 5.66. The van der Waals surface area contributed by atoms with E-state index >= 15 is 0 Å². The van der Waals surface area contributed by atoms with E-state index in [9.17, 15) is 0 Å². The van der Waals surface area contributed by atoms with Gasteiger partial charge < -0.3 is 15.5 Å². The van der Waals surface area contributed by atoms with E-state index in [2.05, 4.69) is 40.3 Å². The van der Waals surface area contributed by atoms with Gasteiger partial charge in [-0.2, -0.15) is 11.3 Å². The zero-order valence-electron chi connectivity index (χ0n) is 12.4. The second kappa shape index (κ2) is 7.29. The van der Waals surface area contributed by atoms with E-state index in [-0.39, 0.29) is 0 Å². The van der Waals surface area contributed by atoms with Crippen molar-refractivity contribution < 1.29 is 4.42 Å². The van der Waals surface area contributed by atoms with Crippen molar-refractivity contribution in [1.82, 2.24) is 0 Å². The summed E-state index contributed by atoms with van der Waals surface area (Å²) in [6, 6.07) is 12.5. The van der Waals surface area contributed by atoms with Crippen LogP contribution in [-0.4, -0.2) is 13.1 Å². The minimum absolute atomic E-state index is 0.655. The molecule has 3 nitrogen and oxygen atoms in total. The molecule has 3 N–H and O–H groups in total. The third-order valence-electron chi connectivity index (χ3n) is 3.61. The molecule has 0 aliphatic carbocycles. The summed E-state index contributed by atoms with van der Waals surface area (Å²) in [5.41, 5.74) is 10.5. The van der Waals surface area contributed by atoms with E-state index in [4.69, 9.17) is 10.2 Å². The molecule has 3 rings (SSSR count). The lowest BCUT2D eigenvalue weighted by atomic mass is 10.0. The highest BCUT2D eigenvalue weighted by Crippen LogP contribution is 2.29. The molecule has 0 bridgehead atoms. The Morgan fingerprint density at radius 1 is 1.09 bits per heavy atom. The van der Waals surface area contributed by atoms with Crippen molar-refractivity contribution in [2.75, 3.05) is 18.4 Å². The van der Waals surface area contributed by atoms with E-state index in [1.807, 2.05) is 12.1 Å². The Morgan fingerprint density at radius 3 is 2.77 bits per heavy atom. The zero-order valence-corrected chi connectivity index (χ0v) is 13.2.